The van der Waals surface area contributed by atoms with Crippen LogP contribution in [0.25, 0.3) is 0 Å². The van der Waals surface area contributed by atoms with Gasteiger partial charge in [-0.2, -0.15) is 0 Å². The van der Waals surface area contributed by atoms with Crippen molar-refractivity contribution in [1.29, 1.82) is 0 Å². The van der Waals surface area contributed by atoms with Gasteiger partial charge in [-0.1, -0.05) is 34.5 Å². The van der Waals surface area contributed by atoms with E-state index in [0.29, 0.717) is 33.0 Å². The van der Waals surface area contributed by atoms with Gasteiger partial charge < -0.3 is 9.64 Å². The third-order valence-electron chi connectivity index (χ3n) is 4.25. The van der Waals surface area contributed by atoms with Crippen molar-refractivity contribution < 1.29 is 9.53 Å². The van der Waals surface area contributed by atoms with Crippen LogP contribution in [0.2, 0.25) is 10.0 Å². The lowest BCUT2D eigenvalue weighted by atomic mass is 10.2. The Morgan fingerprint density at radius 2 is 2.14 bits per heavy atom. The summed E-state index contributed by atoms with van der Waals surface area (Å²) in [7, 11) is 0. The molecule has 0 radical (unpaired) electrons. The maximum Gasteiger partial charge on any atom is 0.259 e. The number of hydrogen-bond donors (Lipinski definition) is 1. The molecule has 1 N–H and O–H groups in total. The summed E-state index contributed by atoms with van der Waals surface area (Å²) in [5.41, 5.74) is 2.02. The number of nitrogens with zero attached hydrogens (tertiary/aromatic N) is 4. The molecule has 0 saturated carbocycles. The molecule has 1 fully saturated rings. The smallest absolute Gasteiger partial charge is 0.259 e. The molecule has 2 aromatic heterocycles. The van der Waals surface area contributed by atoms with Gasteiger partial charge in [-0.25, -0.2) is 4.98 Å². The van der Waals surface area contributed by atoms with Crippen molar-refractivity contribution in [2.45, 2.75) is 12.5 Å². The summed E-state index contributed by atoms with van der Waals surface area (Å²) < 4.78 is 6.00. The van der Waals surface area contributed by atoms with Crippen LogP contribution in [0.3, 0.4) is 0 Å². The minimum absolute atomic E-state index is 0.0272. The highest BCUT2D eigenvalue weighted by atomic mass is 35.5. The Balaban J connectivity index is 1.36. The summed E-state index contributed by atoms with van der Waals surface area (Å²) in [6, 6.07) is 8.82. The van der Waals surface area contributed by atoms with Crippen LogP contribution in [0.15, 0.2) is 42.0 Å². The van der Waals surface area contributed by atoms with Crippen LogP contribution in [-0.4, -0.2) is 40.3 Å². The van der Waals surface area contributed by atoms with Crippen LogP contribution in [0.5, 0.6) is 5.75 Å². The van der Waals surface area contributed by atoms with Gasteiger partial charge in [-0.15, -0.1) is 10.2 Å². The number of aromatic nitrogens is 3. The second-order valence-corrected chi connectivity index (χ2v) is 7.80. The second-order valence-electron chi connectivity index (χ2n) is 6.15. The molecule has 1 unspecified atom stereocenters. The number of amides is 1. The molecule has 1 aliphatic heterocycles. The molecule has 1 aliphatic rings. The summed E-state index contributed by atoms with van der Waals surface area (Å²) in [6.07, 6.45) is 2.44. The maximum atomic E-state index is 12.2. The highest BCUT2D eigenvalue weighted by Gasteiger charge is 2.25. The fraction of sp³-hybridized carbons (Fsp3) is 0.222. The van der Waals surface area contributed by atoms with E-state index in [0.717, 1.165) is 18.8 Å². The normalized spacial score (nSPS) is 16.2. The highest BCUT2D eigenvalue weighted by Crippen LogP contribution is 2.28. The van der Waals surface area contributed by atoms with E-state index in [9.17, 15) is 4.79 Å². The average molecular weight is 436 g/mol. The van der Waals surface area contributed by atoms with E-state index in [2.05, 4.69) is 25.4 Å². The number of carbonyl (C=O) groups excluding carboxylic acids is 1. The predicted octanol–water partition coefficient (Wildman–Crippen LogP) is 4.15. The van der Waals surface area contributed by atoms with E-state index in [-0.39, 0.29) is 12.0 Å². The highest BCUT2D eigenvalue weighted by molar-refractivity contribution is 7.13. The molecule has 1 saturated heterocycles. The number of anilines is 2. The fourth-order valence-electron chi connectivity index (χ4n) is 2.88. The minimum Gasteiger partial charge on any atom is -0.488 e. The number of carbonyl (C=O) groups is 1. The summed E-state index contributed by atoms with van der Waals surface area (Å²) in [5.74, 6) is 1.23. The van der Waals surface area contributed by atoms with Gasteiger partial charge >= 0.3 is 0 Å². The van der Waals surface area contributed by atoms with Crippen molar-refractivity contribution in [1.82, 2.24) is 15.2 Å². The Morgan fingerprint density at radius 1 is 1.25 bits per heavy atom. The molecule has 1 atom stereocenters. The molecular formula is C18H15Cl2N5O2S. The van der Waals surface area contributed by atoms with Gasteiger partial charge in [0.15, 0.2) is 0 Å². The zero-order chi connectivity index (χ0) is 19.5. The van der Waals surface area contributed by atoms with Crippen molar-refractivity contribution in [2.75, 3.05) is 23.3 Å². The average Bonchev–Trinajstić information content (AvgIpc) is 3.37. The first kappa shape index (κ1) is 18.9. The molecule has 0 aliphatic carbocycles. The van der Waals surface area contributed by atoms with Gasteiger partial charge in [0.25, 0.3) is 5.91 Å². The molecule has 1 amide bonds. The van der Waals surface area contributed by atoms with E-state index < -0.39 is 0 Å². The van der Waals surface area contributed by atoms with Crippen molar-refractivity contribution in [2.24, 2.45) is 0 Å². The molecule has 28 heavy (non-hydrogen) atoms. The number of halogens is 2. The van der Waals surface area contributed by atoms with Gasteiger partial charge in [0.05, 0.1) is 22.2 Å². The molecule has 0 spiro atoms. The predicted molar refractivity (Wildman–Crippen MR) is 110 cm³/mol. The van der Waals surface area contributed by atoms with Crippen LogP contribution in [-0.2, 0) is 0 Å². The van der Waals surface area contributed by atoms with E-state index in [1.807, 2.05) is 6.07 Å². The summed E-state index contributed by atoms with van der Waals surface area (Å²) >= 11 is 13.2. The molecule has 144 valence electrons. The van der Waals surface area contributed by atoms with Crippen molar-refractivity contribution in [3.05, 3.63) is 57.6 Å². The van der Waals surface area contributed by atoms with Crippen LogP contribution >= 0.6 is 34.5 Å². The van der Waals surface area contributed by atoms with Gasteiger partial charge in [-0.05, 0) is 24.3 Å². The number of nitrogens with one attached hydrogen (secondary N) is 1. The third kappa shape index (κ3) is 4.35. The molecular weight excluding hydrogens is 421 g/mol. The Kier molecular flexibility index (Phi) is 5.61. The molecule has 4 rings (SSSR count). The van der Waals surface area contributed by atoms with Crippen molar-refractivity contribution in [3.8, 4) is 5.75 Å². The first-order valence-electron chi connectivity index (χ1n) is 8.49. The largest absolute Gasteiger partial charge is 0.488 e. The Labute approximate surface area is 175 Å². The van der Waals surface area contributed by atoms with Gasteiger partial charge in [0, 0.05) is 25.2 Å². The molecule has 1 aromatic carbocycles. The Morgan fingerprint density at radius 3 is 2.86 bits per heavy atom. The minimum atomic E-state index is -0.266. The zero-order valence-electron chi connectivity index (χ0n) is 14.5. The summed E-state index contributed by atoms with van der Waals surface area (Å²) in [6.45, 7) is 1.51. The third-order valence-corrected chi connectivity index (χ3v) is 5.60. The standard InChI is InChI=1S/C18H15Cl2N5O2S/c19-14-3-2-12(7-15(14)20)27-13-5-6-25(9-13)16-4-1-11(8-21-16)17(26)23-18-24-22-10-28-18/h1-4,7-8,10,13H,5-6,9H2,(H,23,24,26). The maximum absolute atomic E-state index is 12.2. The van der Waals surface area contributed by atoms with Crippen LogP contribution < -0.4 is 15.0 Å². The lowest BCUT2D eigenvalue weighted by molar-refractivity contribution is 0.102. The van der Waals surface area contributed by atoms with Crippen LogP contribution in [0.4, 0.5) is 10.9 Å². The van der Waals surface area contributed by atoms with Crippen LogP contribution in [0, 0.1) is 0 Å². The first-order valence-corrected chi connectivity index (χ1v) is 10.1. The molecule has 7 nitrogen and oxygen atoms in total. The number of benzene rings is 1. The van der Waals surface area contributed by atoms with Gasteiger partial charge in [-0.3, -0.25) is 10.1 Å². The van der Waals surface area contributed by atoms with Gasteiger partial charge in [0.1, 0.15) is 23.2 Å². The first-order chi connectivity index (χ1) is 13.6. The lowest BCUT2D eigenvalue weighted by Gasteiger charge is -2.18. The fourth-order valence-corrected chi connectivity index (χ4v) is 3.61. The summed E-state index contributed by atoms with van der Waals surface area (Å²) in [5, 5.41) is 11.6. The molecule has 3 heterocycles. The number of pyridine rings is 1. The van der Waals surface area contributed by atoms with E-state index >= 15 is 0 Å². The second kappa shape index (κ2) is 8.30. The number of ether oxygens (including phenoxy) is 1. The van der Waals surface area contributed by atoms with E-state index in [1.165, 1.54) is 11.3 Å². The van der Waals surface area contributed by atoms with Gasteiger partial charge in [0.2, 0.25) is 5.13 Å². The van der Waals surface area contributed by atoms with E-state index in [4.69, 9.17) is 27.9 Å². The lowest BCUT2D eigenvalue weighted by Crippen LogP contribution is -2.25. The SMILES string of the molecule is O=C(Nc1nncs1)c1ccc(N2CCC(Oc3ccc(Cl)c(Cl)c3)C2)nc1. The van der Waals surface area contributed by atoms with Crippen molar-refractivity contribution in [3.63, 3.8) is 0 Å². The molecule has 0 bridgehead atoms. The molecule has 10 heteroatoms. The van der Waals surface area contributed by atoms with Crippen molar-refractivity contribution >= 4 is 51.4 Å². The Hall–Kier alpha value is -2.42. The topological polar surface area (TPSA) is 80.2 Å². The Bertz CT molecular complexity index is 969. The van der Waals surface area contributed by atoms with E-state index in [1.54, 1.807) is 36.0 Å². The zero-order valence-corrected chi connectivity index (χ0v) is 16.8. The summed E-state index contributed by atoms with van der Waals surface area (Å²) in [4.78, 5) is 18.7. The number of rotatable bonds is 5. The number of hydrogen-bond acceptors (Lipinski definition) is 7. The monoisotopic (exact) mass is 435 g/mol. The quantitative estimate of drug-likeness (QED) is 0.648. The molecule has 3 aromatic rings. The van der Waals surface area contributed by atoms with Crippen LogP contribution in [0.1, 0.15) is 16.8 Å².